The highest BCUT2D eigenvalue weighted by Crippen LogP contribution is 2.77. The van der Waals surface area contributed by atoms with E-state index in [9.17, 15) is 39.9 Å². The molecular weight excluding hydrogens is 656 g/mol. The lowest BCUT2D eigenvalue weighted by Gasteiger charge is -2.72. The molecule has 6 aliphatic rings. The van der Waals surface area contributed by atoms with Crippen molar-refractivity contribution in [3.05, 3.63) is 11.6 Å². The number of ether oxygens (including phenoxy) is 3. The highest BCUT2D eigenvalue weighted by atomic mass is 16.7. The first kappa shape index (κ1) is 38.8. The van der Waals surface area contributed by atoms with Gasteiger partial charge in [0.1, 0.15) is 24.6 Å². The normalized spacial score (nSPS) is 48.5. The van der Waals surface area contributed by atoms with Crippen LogP contribution in [0.4, 0.5) is 0 Å². The van der Waals surface area contributed by atoms with Gasteiger partial charge in [-0.15, -0.1) is 0 Å². The van der Waals surface area contributed by atoms with E-state index in [1.54, 1.807) is 7.11 Å². The van der Waals surface area contributed by atoms with Crippen LogP contribution in [0.5, 0.6) is 0 Å². The summed E-state index contributed by atoms with van der Waals surface area (Å²) in [4.78, 5) is 37.4. The van der Waals surface area contributed by atoms with Gasteiger partial charge >= 0.3 is 11.9 Å². The van der Waals surface area contributed by atoms with Crippen molar-refractivity contribution in [1.29, 1.82) is 0 Å². The Labute approximate surface area is 302 Å². The maximum absolute atomic E-state index is 13.5. The number of aliphatic hydroxyl groups excluding tert-OH is 3. The van der Waals surface area contributed by atoms with Gasteiger partial charge in [-0.1, -0.05) is 53.2 Å². The van der Waals surface area contributed by atoms with Crippen LogP contribution < -0.4 is 0 Å². The van der Waals surface area contributed by atoms with E-state index in [0.717, 1.165) is 51.2 Å². The molecule has 0 amide bonds. The molecule has 6 rings (SSSR count). The van der Waals surface area contributed by atoms with Gasteiger partial charge in [0, 0.05) is 13.5 Å². The number of aldehydes is 1. The fourth-order valence-corrected chi connectivity index (χ4v) is 13.7. The largest absolute Gasteiger partial charge is 0.481 e. The molecule has 0 spiro atoms. The minimum Gasteiger partial charge on any atom is -0.481 e. The van der Waals surface area contributed by atoms with Gasteiger partial charge in [0.2, 0.25) is 0 Å². The molecule has 0 aromatic rings. The summed E-state index contributed by atoms with van der Waals surface area (Å²) in [6, 6.07) is 0. The highest BCUT2D eigenvalue weighted by Gasteiger charge is 2.71. The molecule has 5 N–H and O–H groups in total. The van der Waals surface area contributed by atoms with Crippen LogP contribution in [-0.4, -0.2) is 94.3 Å². The molecule has 11 nitrogen and oxygen atoms in total. The molecule has 1 aliphatic heterocycles. The number of carboxylic acid groups (broad SMARTS) is 2. The number of rotatable bonds is 9. The zero-order valence-electron chi connectivity index (χ0n) is 31.6. The molecule has 0 bridgehead atoms. The lowest BCUT2D eigenvalue weighted by atomic mass is 9.32. The summed E-state index contributed by atoms with van der Waals surface area (Å²) in [5.74, 6) is -1.92. The van der Waals surface area contributed by atoms with E-state index < -0.39 is 59.6 Å². The minimum absolute atomic E-state index is 0.0561. The third kappa shape index (κ3) is 5.60. The van der Waals surface area contributed by atoms with Crippen LogP contribution in [0.2, 0.25) is 0 Å². The number of methoxy groups -OCH3 is 1. The summed E-state index contributed by atoms with van der Waals surface area (Å²) in [5.41, 5.74) is -0.693. The summed E-state index contributed by atoms with van der Waals surface area (Å²) in [7, 11) is 1.67. The zero-order chi connectivity index (χ0) is 37.5. The van der Waals surface area contributed by atoms with Crippen LogP contribution >= 0.6 is 0 Å². The molecule has 14 unspecified atom stereocenters. The molecule has 288 valence electrons. The topological polar surface area (TPSA) is 180 Å². The number of carbonyl (C=O) groups is 3. The van der Waals surface area contributed by atoms with Crippen molar-refractivity contribution in [3.63, 3.8) is 0 Å². The number of allylic oxidation sites excluding steroid dienone is 2. The second kappa shape index (κ2) is 13.1. The average Bonchev–Trinajstić information content (AvgIpc) is 3.04. The molecule has 0 aromatic carbocycles. The average molecular weight is 719 g/mol. The fourth-order valence-electron chi connectivity index (χ4n) is 13.7. The smallest absolute Gasteiger partial charge is 0.335 e. The lowest BCUT2D eigenvalue weighted by Crippen LogP contribution is -2.67. The molecule has 14 atom stereocenters. The van der Waals surface area contributed by atoms with E-state index in [1.807, 2.05) is 0 Å². The third-order valence-corrected chi connectivity index (χ3v) is 16.0. The third-order valence-electron chi connectivity index (χ3n) is 16.0. The van der Waals surface area contributed by atoms with Crippen LogP contribution in [0.3, 0.4) is 0 Å². The number of fused-ring (bicyclic) bond motifs is 7. The fraction of sp³-hybridized carbons (Fsp3) is 0.875. The first-order valence-corrected chi connectivity index (χ1v) is 19.2. The van der Waals surface area contributed by atoms with E-state index in [1.165, 1.54) is 5.57 Å². The number of carbonyl (C=O) groups excluding carboxylic acids is 1. The summed E-state index contributed by atoms with van der Waals surface area (Å²) in [6.07, 6.45) is 2.94. The van der Waals surface area contributed by atoms with Gasteiger partial charge in [-0.3, -0.25) is 4.79 Å². The molecular formula is C40H62O11. The number of hydrogen-bond donors (Lipinski definition) is 5. The van der Waals surface area contributed by atoms with Crippen LogP contribution in [0.25, 0.3) is 0 Å². The molecule has 51 heavy (non-hydrogen) atoms. The van der Waals surface area contributed by atoms with Gasteiger partial charge in [0.05, 0.1) is 18.1 Å². The van der Waals surface area contributed by atoms with Gasteiger partial charge < -0.3 is 44.5 Å². The van der Waals surface area contributed by atoms with Crippen molar-refractivity contribution < 1.29 is 54.1 Å². The number of aliphatic carboxylic acids is 2. The molecule has 4 saturated carbocycles. The SMILES string of the molecule is COCC1CC(C)(C)CC2C3=CCC4C5(C)CCC(OC6OC(C(=O)O)C(O)C(O)C6O)C(C)(C)C5CCC4(C)C3(CCC=O)CCC12C(=O)O. The Morgan fingerprint density at radius 2 is 1.63 bits per heavy atom. The molecule has 0 radical (unpaired) electrons. The van der Waals surface area contributed by atoms with E-state index in [4.69, 9.17) is 14.2 Å². The van der Waals surface area contributed by atoms with Crippen LogP contribution in [-0.2, 0) is 28.6 Å². The molecule has 0 aromatic heterocycles. The van der Waals surface area contributed by atoms with Crippen molar-refractivity contribution in [2.45, 2.75) is 149 Å². The van der Waals surface area contributed by atoms with Crippen LogP contribution in [0.1, 0.15) is 112 Å². The molecule has 1 heterocycles. The van der Waals surface area contributed by atoms with E-state index in [-0.39, 0.29) is 45.3 Å². The Balaban J connectivity index is 1.36. The maximum Gasteiger partial charge on any atom is 0.335 e. The standard InChI is InChI=1S/C40H62O11/c1-35(2)19-22(21-49-7)40(34(47)48)17-16-39(13-8-18-41)23(24(40)20-35)9-10-26-37(5)14-12-27(36(3,4)25(37)11-15-38(26,39)6)50-33-30(44)28(42)29(43)31(51-33)32(45)46/h9,18,22,24-31,33,42-44H,8,10-17,19-21H2,1-7H3,(H,45,46)(H,47,48). The van der Waals surface area contributed by atoms with Crippen LogP contribution in [0.15, 0.2) is 11.6 Å². The Kier molecular flexibility index (Phi) is 10.0. The maximum atomic E-state index is 13.5. The zero-order valence-corrected chi connectivity index (χ0v) is 31.6. The summed E-state index contributed by atoms with van der Waals surface area (Å²) in [5, 5.41) is 52.1. The molecule has 1 saturated heterocycles. The second-order valence-corrected chi connectivity index (χ2v) is 19.1. The van der Waals surface area contributed by atoms with Gasteiger partial charge in [0.15, 0.2) is 12.4 Å². The van der Waals surface area contributed by atoms with Gasteiger partial charge in [-0.25, -0.2) is 4.79 Å². The van der Waals surface area contributed by atoms with Crippen molar-refractivity contribution in [1.82, 2.24) is 0 Å². The number of aliphatic hydroxyl groups is 3. The first-order chi connectivity index (χ1) is 23.8. The lowest BCUT2D eigenvalue weighted by molar-refractivity contribution is -0.324. The monoisotopic (exact) mass is 718 g/mol. The van der Waals surface area contributed by atoms with E-state index in [0.29, 0.717) is 32.3 Å². The van der Waals surface area contributed by atoms with E-state index in [2.05, 4.69) is 47.6 Å². The van der Waals surface area contributed by atoms with E-state index >= 15 is 0 Å². The quantitative estimate of drug-likeness (QED) is 0.123. The van der Waals surface area contributed by atoms with Crippen molar-refractivity contribution >= 4 is 18.2 Å². The van der Waals surface area contributed by atoms with Gasteiger partial charge in [-0.05, 0) is 115 Å². The molecule has 11 heteroatoms. The van der Waals surface area contributed by atoms with Crippen molar-refractivity contribution in [2.75, 3.05) is 13.7 Å². The predicted molar refractivity (Wildman–Crippen MR) is 186 cm³/mol. The Morgan fingerprint density at radius 1 is 0.922 bits per heavy atom. The predicted octanol–water partition coefficient (Wildman–Crippen LogP) is 4.98. The Morgan fingerprint density at radius 3 is 2.25 bits per heavy atom. The second-order valence-electron chi connectivity index (χ2n) is 19.1. The summed E-state index contributed by atoms with van der Waals surface area (Å²) >= 11 is 0. The Bertz CT molecular complexity index is 1410. The van der Waals surface area contributed by atoms with Crippen molar-refractivity contribution in [3.8, 4) is 0 Å². The van der Waals surface area contributed by atoms with Gasteiger partial charge in [-0.2, -0.15) is 0 Å². The minimum atomic E-state index is -1.78. The first-order valence-electron chi connectivity index (χ1n) is 19.2. The van der Waals surface area contributed by atoms with Crippen LogP contribution in [0, 0.1) is 56.2 Å². The Hall–Kier alpha value is -1.89. The number of carboxylic acids is 2. The highest BCUT2D eigenvalue weighted by molar-refractivity contribution is 5.77. The van der Waals surface area contributed by atoms with Gasteiger partial charge in [0.25, 0.3) is 0 Å². The molecule has 5 aliphatic carbocycles. The molecule has 5 fully saturated rings. The van der Waals surface area contributed by atoms with Crippen molar-refractivity contribution in [2.24, 2.45) is 56.2 Å². The summed E-state index contributed by atoms with van der Waals surface area (Å²) in [6.45, 7) is 14.1. The summed E-state index contributed by atoms with van der Waals surface area (Å²) < 4.78 is 17.6. The number of hydrogen-bond acceptors (Lipinski definition) is 9.